The van der Waals surface area contributed by atoms with E-state index in [2.05, 4.69) is 15.6 Å². The fraction of sp³-hybridized carbons (Fsp3) is 0. The molecule has 0 aliphatic heterocycles. The minimum atomic E-state index is -0.670. The van der Waals surface area contributed by atoms with Crippen LogP contribution in [-0.4, -0.2) is 19.9 Å². The summed E-state index contributed by atoms with van der Waals surface area (Å²) in [5, 5.41) is 24.6. The minimum absolute atomic E-state index is 0.0474. The highest BCUT2D eigenvalue weighted by molar-refractivity contribution is 6.60. The molecule has 3 aromatic carbocycles. The number of hydrogen-bond acceptors (Lipinski definition) is 5. The van der Waals surface area contributed by atoms with Gasteiger partial charge in [-0.05, 0) is 23.6 Å². The van der Waals surface area contributed by atoms with Crippen molar-refractivity contribution in [2.75, 3.05) is 5.32 Å². The zero-order valence-corrected chi connectivity index (χ0v) is 17.4. The van der Waals surface area contributed by atoms with Gasteiger partial charge in [-0.1, -0.05) is 88.5 Å². The molecule has 0 unspecified atom stereocenters. The predicted octanol–water partition coefficient (Wildman–Crippen LogP) is 5.98. The van der Waals surface area contributed by atoms with E-state index in [0.717, 1.165) is 10.8 Å². The van der Waals surface area contributed by atoms with E-state index in [9.17, 15) is 10.1 Å². The first-order valence-corrected chi connectivity index (χ1v) is 9.76. The fourth-order valence-corrected chi connectivity index (χ4v) is 3.41. The summed E-state index contributed by atoms with van der Waals surface area (Å²) < 4.78 is 0.860. The molecule has 7 nitrogen and oxygen atoms in total. The molecule has 0 spiro atoms. The van der Waals surface area contributed by atoms with Gasteiger partial charge in [-0.25, -0.2) is 0 Å². The second kappa shape index (κ2) is 8.31. The van der Waals surface area contributed by atoms with Gasteiger partial charge in [0.05, 0.1) is 10.4 Å². The van der Waals surface area contributed by atoms with Gasteiger partial charge in [0.15, 0.2) is 5.03 Å². The summed E-state index contributed by atoms with van der Waals surface area (Å²) in [6.45, 7) is 0. The monoisotopic (exact) mass is 459 g/mol. The number of aromatic nitrogens is 3. The van der Waals surface area contributed by atoms with Crippen LogP contribution in [0.3, 0.4) is 0 Å². The first kappa shape index (κ1) is 20.2. The summed E-state index contributed by atoms with van der Waals surface area (Å²) in [5.74, 6) is -0.0474. The Hall–Kier alpha value is -3.13. The van der Waals surface area contributed by atoms with E-state index in [1.165, 1.54) is 4.68 Å². The zero-order valence-electron chi connectivity index (χ0n) is 15.1. The van der Waals surface area contributed by atoms with Gasteiger partial charge in [0.2, 0.25) is 5.82 Å². The topological polar surface area (TPSA) is 85.9 Å². The maximum atomic E-state index is 12.0. The van der Waals surface area contributed by atoms with Crippen molar-refractivity contribution in [3.8, 4) is 0 Å². The van der Waals surface area contributed by atoms with Gasteiger partial charge in [-0.15, -0.1) is 5.10 Å². The first-order chi connectivity index (χ1) is 14.5. The summed E-state index contributed by atoms with van der Waals surface area (Å²) in [6, 6.07) is 20.2. The van der Waals surface area contributed by atoms with Crippen LogP contribution in [0.2, 0.25) is 0 Å². The van der Waals surface area contributed by atoms with Crippen molar-refractivity contribution in [3.05, 3.63) is 92.1 Å². The van der Waals surface area contributed by atoms with Gasteiger partial charge < -0.3 is 5.32 Å². The summed E-state index contributed by atoms with van der Waals surface area (Å²) >= 11 is 17.7. The number of para-hydroxylation sites is 1. The highest BCUT2D eigenvalue weighted by atomic mass is 35.5. The number of nitrogens with one attached hydrogen (secondary N) is 1. The average molecular weight is 461 g/mol. The van der Waals surface area contributed by atoms with Crippen LogP contribution in [-0.2, 0) is 0 Å². The van der Waals surface area contributed by atoms with Gasteiger partial charge in [-0.2, -0.15) is 4.68 Å². The number of hydrogen-bond donors (Lipinski definition) is 1. The molecular formula is C20H12Cl3N5O2. The summed E-state index contributed by atoms with van der Waals surface area (Å²) in [7, 11) is 0. The van der Waals surface area contributed by atoms with E-state index >= 15 is 0 Å². The average Bonchev–Trinajstić information content (AvgIpc) is 3.17. The highest BCUT2D eigenvalue weighted by Crippen LogP contribution is 2.32. The maximum absolute atomic E-state index is 12.0. The molecule has 10 heteroatoms. The number of rotatable bonds is 5. The third kappa shape index (κ3) is 3.70. The molecule has 0 saturated carbocycles. The SMILES string of the molecule is O=[N+]([O-])C(C(Cl)=C(Cl)Cl)=C(Nc1cccc2ccccc12)n1nnc2ccccc21. The molecule has 1 heterocycles. The standard InChI is InChI=1S/C20H12Cl3N5O2/c21-17(19(22)23)18(28(29)30)20(27-16-11-4-3-9-15(16)25-26-27)24-14-10-5-7-12-6-1-2-8-13(12)14/h1-11,24H. The molecule has 0 fully saturated rings. The number of benzene rings is 3. The summed E-state index contributed by atoms with van der Waals surface area (Å²) in [4.78, 5) is 11.3. The Morgan fingerprint density at radius 3 is 2.43 bits per heavy atom. The number of allylic oxidation sites excluding steroid dienone is 1. The second-order valence-electron chi connectivity index (χ2n) is 6.17. The molecule has 1 N–H and O–H groups in total. The molecule has 0 atom stereocenters. The second-order valence-corrected chi connectivity index (χ2v) is 7.50. The Labute approximate surface area is 185 Å². The lowest BCUT2D eigenvalue weighted by molar-refractivity contribution is -0.419. The molecule has 4 aromatic rings. The van der Waals surface area contributed by atoms with E-state index in [1.807, 2.05) is 36.4 Å². The Kier molecular flexibility index (Phi) is 5.59. The third-order valence-corrected chi connectivity index (χ3v) is 5.33. The first-order valence-electron chi connectivity index (χ1n) is 8.63. The van der Waals surface area contributed by atoms with Crippen LogP contribution in [0.1, 0.15) is 0 Å². The molecule has 0 aliphatic rings. The molecule has 4 rings (SSSR count). The van der Waals surface area contributed by atoms with Crippen molar-refractivity contribution < 1.29 is 4.92 Å². The smallest absolute Gasteiger partial charge is 0.332 e. The minimum Gasteiger partial charge on any atom is -0.334 e. The Bertz CT molecular complexity index is 1340. The third-order valence-electron chi connectivity index (χ3n) is 4.39. The van der Waals surface area contributed by atoms with Gasteiger partial charge >= 0.3 is 5.70 Å². The molecule has 0 radical (unpaired) electrons. The van der Waals surface area contributed by atoms with E-state index in [0.29, 0.717) is 16.7 Å². The van der Waals surface area contributed by atoms with Gasteiger partial charge in [0.25, 0.3) is 0 Å². The van der Waals surface area contributed by atoms with Crippen molar-refractivity contribution in [2.45, 2.75) is 0 Å². The largest absolute Gasteiger partial charge is 0.334 e. The Morgan fingerprint density at radius 1 is 0.967 bits per heavy atom. The van der Waals surface area contributed by atoms with Crippen LogP contribution in [0.4, 0.5) is 5.69 Å². The van der Waals surface area contributed by atoms with Crippen molar-refractivity contribution in [3.63, 3.8) is 0 Å². The lowest BCUT2D eigenvalue weighted by Gasteiger charge is -2.14. The van der Waals surface area contributed by atoms with Crippen LogP contribution < -0.4 is 5.32 Å². The van der Waals surface area contributed by atoms with Crippen molar-refractivity contribution in [1.82, 2.24) is 15.0 Å². The summed E-state index contributed by atoms with van der Waals surface area (Å²) in [5.41, 5.74) is 1.15. The van der Waals surface area contributed by atoms with Gasteiger partial charge in [-0.3, -0.25) is 10.1 Å². The molecule has 0 aliphatic carbocycles. The lowest BCUT2D eigenvalue weighted by atomic mass is 10.1. The quantitative estimate of drug-likeness (QED) is 0.225. The van der Waals surface area contributed by atoms with Crippen LogP contribution in [0.25, 0.3) is 27.6 Å². The van der Waals surface area contributed by atoms with Crippen LogP contribution in [0.5, 0.6) is 0 Å². The Morgan fingerprint density at radius 2 is 1.67 bits per heavy atom. The van der Waals surface area contributed by atoms with Crippen LogP contribution in [0.15, 0.2) is 82.0 Å². The van der Waals surface area contributed by atoms with Crippen molar-refractivity contribution in [1.29, 1.82) is 0 Å². The van der Waals surface area contributed by atoms with E-state index in [1.54, 1.807) is 30.3 Å². The number of fused-ring (bicyclic) bond motifs is 2. The maximum Gasteiger partial charge on any atom is 0.332 e. The molecule has 0 amide bonds. The number of anilines is 1. The molecule has 0 saturated heterocycles. The predicted molar refractivity (Wildman–Crippen MR) is 120 cm³/mol. The molecule has 150 valence electrons. The lowest BCUT2D eigenvalue weighted by Crippen LogP contribution is -2.16. The molecular weight excluding hydrogens is 449 g/mol. The number of halogens is 3. The molecule has 30 heavy (non-hydrogen) atoms. The molecule has 1 aromatic heterocycles. The van der Waals surface area contributed by atoms with Gasteiger partial charge in [0.1, 0.15) is 10.0 Å². The van der Waals surface area contributed by atoms with E-state index < -0.39 is 20.1 Å². The van der Waals surface area contributed by atoms with E-state index in [-0.39, 0.29) is 5.82 Å². The van der Waals surface area contributed by atoms with Crippen molar-refractivity contribution in [2.24, 2.45) is 0 Å². The van der Waals surface area contributed by atoms with E-state index in [4.69, 9.17) is 34.8 Å². The highest BCUT2D eigenvalue weighted by Gasteiger charge is 2.29. The van der Waals surface area contributed by atoms with Crippen molar-refractivity contribution >= 4 is 68.1 Å². The van der Waals surface area contributed by atoms with Crippen LogP contribution in [0, 0.1) is 10.1 Å². The fourth-order valence-electron chi connectivity index (χ4n) is 3.07. The Balaban J connectivity index is 2.02. The molecule has 0 bridgehead atoms. The number of nitro groups is 1. The normalized spacial score (nSPS) is 12.0. The zero-order chi connectivity index (χ0) is 21.3. The number of nitrogens with zero attached hydrogens (tertiary/aromatic N) is 4. The summed E-state index contributed by atoms with van der Waals surface area (Å²) in [6.07, 6.45) is 0. The van der Waals surface area contributed by atoms with Gasteiger partial charge in [0, 0.05) is 11.1 Å². The van der Waals surface area contributed by atoms with Crippen LogP contribution >= 0.6 is 34.8 Å².